The topological polar surface area (TPSA) is 264 Å². The maximum absolute atomic E-state index is 14.4. The van der Waals surface area contributed by atoms with Crippen molar-refractivity contribution in [3.8, 4) is 0 Å². The van der Waals surface area contributed by atoms with Gasteiger partial charge < -0.3 is 50.0 Å². The van der Waals surface area contributed by atoms with Crippen molar-refractivity contribution in [3.63, 3.8) is 0 Å². The van der Waals surface area contributed by atoms with E-state index < -0.39 is 126 Å². The number of carbonyl (C=O) groups is 10. The number of carboxylic acids is 1. The molecule has 0 unspecified atom stereocenters. The molecule has 20 nitrogen and oxygen atoms in total. The molecule has 74 heavy (non-hydrogen) atoms. The van der Waals surface area contributed by atoms with E-state index in [4.69, 9.17) is 19.3 Å². The predicted molar refractivity (Wildman–Crippen MR) is 278 cm³/mol. The molecular weight excluding hydrogens is 957 g/mol. The maximum atomic E-state index is 14.4. The van der Waals surface area contributed by atoms with Gasteiger partial charge in [0.15, 0.2) is 6.10 Å². The van der Waals surface area contributed by atoms with Gasteiger partial charge in [0.05, 0.1) is 13.0 Å². The number of amides is 6. The molecule has 0 fully saturated rings. The minimum atomic E-state index is -1.34. The molecule has 0 saturated heterocycles. The normalized spacial score (nSPS) is 25.5. The zero-order valence-corrected chi connectivity index (χ0v) is 47.2. The van der Waals surface area contributed by atoms with Crippen molar-refractivity contribution in [2.45, 2.75) is 197 Å². The second kappa shape index (κ2) is 32.5. The van der Waals surface area contributed by atoms with Gasteiger partial charge in [-0.1, -0.05) is 87.8 Å². The number of hydrogen-bond donors (Lipinski definition) is 4. The Morgan fingerprint density at radius 3 is 1.97 bits per heavy atom. The summed E-state index contributed by atoms with van der Waals surface area (Å²) in [6.45, 7) is 22.4. The Kier molecular flexibility index (Phi) is 29.1. The molecule has 9 atom stereocenters. The zero-order valence-electron chi connectivity index (χ0n) is 47.2. The molecule has 420 valence electrons. The van der Waals surface area contributed by atoms with E-state index in [1.54, 1.807) is 48.5 Å². The number of hydrogen-bond acceptors (Lipinski definition) is 13. The Hall–Kier alpha value is -5.82. The Labute approximate surface area is 439 Å². The van der Waals surface area contributed by atoms with Gasteiger partial charge in [0.1, 0.15) is 36.4 Å². The summed E-state index contributed by atoms with van der Waals surface area (Å²) in [4.78, 5) is 139. The van der Waals surface area contributed by atoms with Crippen LogP contribution in [0.1, 0.15) is 154 Å². The van der Waals surface area contributed by atoms with Crippen LogP contribution in [0.3, 0.4) is 0 Å². The summed E-state index contributed by atoms with van der Waals surface area (Å²) in [6.07, 6.45) is 2.16. The SMILES string of the molecule is CC/C=C(\C)[C@H]1OC(=O)[C@H](C)N(C)C(=O)[C@H](C(C)C)NC(=O)CN(C)C(=O)[C@@H](CC(C)C)N(C)C(=O)[C@H](C(C)C)NC(=O)[C@@H]([C@@H](C)CC)OC(=O)/C(C)=C/C[C@H](OC(=O)CCCCCNC(=O)CCC(=O)O)[C@@H]1C. The number of carbonyl (C=O) groups excluding carboxylic acids is 9. The van der Waals surface area contributed by atoms with Crippen LogP contribution in [0, 0.1) is 29.6 Å². The smallest absolute Gasteiger partial charge is 0.334 e. The summed E-state index contributed by atoms with van der Waals surface area (Å²) in [5.41, 5.74) is 0.708. The lowest BCUT2D eigenvalue weighted by Gasteiger charge is -2.36. The highest BCUT2D eigenvalue weighted by Gasteiger charge is 2.40. The van der Waals surface area contributed by atoms with E-state index in [-0.39, 0.29) is 49.5 Å². The van der Waals surface area contributed by atoms with Crippen molar-refractivity contribution < 1.29 is 67.3 Å². The molecule has 0 aromatic heterocycles. The van der Waals surface area contributed by atoms with Crippen molar-refractivity contribution in [3.05, 3.63) is 23.3 Å². The lowest BCUT2D eigenvalue weighted by Crippen LogP contribution is -2.59. The number of ether oxygens (including phenoxy) is 3. The van der Waals surface area contributed by atoms with Crippen LogP contribution in [-0.4, -0.2) is 156 Å². The molecule has 0 radical (unpaired) electrons. The molecule has 6 amide bonds. The van der Waals surface area contributed by atoms with Crippen LogP contribution in [0.2, 0.25) is 0 Å². The van der Waals surface area contributed by atoms with Gasteiger partial charge in [0.2, 0.25) is 29.5 Å². The quantitative estimate of drug-likeness (QED) is 0.0602. The number of nitrogens with one attached hydrogen (secondary N) is 3. The van der Waals surface area contributed by atoms with Crippen LogP contribution in [0.4, 0.5) is 0 Å². The van der Waals surface area contributed by atoms with Crippen molar-refractivity contribution in [2.75, 3.05) is 34.2 Å². The molecule has 0 bridgehead atoms. The highest BCUT2D eigenvalue weighted by atomic mass is 16.6. The fourth-order valence-electron chi connectivity index (χ4n) is 8.25. The Morgan fingerprint density at radius 2 is 1.42 bits per heavy atom. The van der Waals surface area contributed by atoms with Gasteiger partial charge in [0.25, 0.3) is 5.91 Å². The molecule has 1 aliphatic rings. The van der Waals surface area contributed by atoms with Gasteiger partial charge in [-0.25, -0.2) is 9.59 Å². The van der Waals surface area contributed by atoms with Gasteiger partial charge in [0, 0.05) is 64.4 Å². The van der Waals surface area contributed by atoms with E-state index in [1.165, 1.54) is 55.8 Å². The number of rotatable bonds is 18. The van der Waals surface area contributed by atoms with Gasteiger partial charge in [-0.3, -0.25) is 38.4 Å². The number of cyclic esters (lactones) is 2. The minimum Gasteiger partial charge on any atom is -0.481 e. The van der Waals surface area contributed by atoms with Gasteiger partial charge >= 0.3 is 23.9 Å². The lowest BCUT2D eigenvalue weighted by molar-refractivity contribution is -0.164. The third-order valence-electron chi connectivity index (χ3n) is 13.4. The lowest BCUT2D eigenvalue weighted by atomic mass is 9.90. The molecule has 1 heterocycles. The third kappa shape index (κ3) is 21.6. The van der Waals surface area contributed by atoms with Gasteiger partial charge in [-0.05, 0) is 76.2 Å². The van der Waals surface area contributed by atoms with Crippen molar-refractivity contribution in [1.29, 1.82) is 0 Å². The number of likely N-dealkylation sites (N-methyl/N-ethyl adjacent to an activating group) is 3. The summed E-state index contributed by atoms with van der Waals surface area (Å²) in [6, 6.07) is -4.51. The van der Waals surface area contributed by atoms with Crippen molar-refractivity contribution in [1.82, 2.24) is 30.7 Å². The van der Waals surface area contributed by atoms with E-state index in [0.717, 1.165) is 0 Å². The summed E-state index contributed by atoms with van der Waals surface area (Å²) in [7, 11) is 4.30. The Bertz CT molecular complexity index is 2000. The van der Waals surface area contributed by atoms with Crippen LogP contribution < -0.4 is 16.0 Å². The van der Waals surface area contributed by atoms with E-state index in [1.807, 2.05) is 33.8 Å². The number of aliphatic carboxylic acids is 1. The first-order chi connectivity index (χ1) is 34.5. The molecule has 0 saturated carbocycles. The van der Waals surface area contributed by atoms with E-state index in [0.29, 0.717) is 44.2 Å². The second-order valence-electron chi connectivity index (χ2n) is 20.9. The molecule has 0 aliphatic carbocycles. The summed E-state index contributed by atoms with van der Waals surface area (Å²) >= 11 is 0. The average molecular weight is 1050 g/mol. The second-order valence-corrected chi connectivity index (χ2v) is 20.9. The van der Waals surface area contributed by atoms with Crippen LogP contribution in [0.25, 0.3) is 0 Å². The fourth-order valence-corrected chi connectivity index (χ4v) is 8.25. The first-order valence-electron chi connectivity index (χ1n) is 26.3. The average Bonchev–Trinajstić information content (AvgIpc) is 3.33. The summed E-state index contributed by atoms with van der Waals surface area (Å²) in [5.74, 6) is -9.06. The van der Waals surface area contributed by atoms with Gasteiger partial charge in [-0.2, -0.15) is 0 Å². The first kappa shape index (κ1) is 66.2. The van der Waals surface area contributed by atoms with Crippen molar-refractivity contribution in [2.24, 2.45) is 29.6 Å². The van der Waals surface area contributed by atoms with Crippen LogP contribution in [-0.2, 0) is 62.2 Å². The predicted octanol–water partition coefficient (Wildman–Crippen LogP) is 5.11. The number of unbranched alkanes of at least 4 members (excludes halogenated alkanes) is 2. The van der Waals surface area contributed by atoms with E-state index >= 15 is 0 Å². The first-order valence-corrected chi connectivity index (χ1v) is 26.3. The monoisotopic (exact) mass is 1050 g/mol. The molecule has 0 aromatic rings. The van der Waals surface area contributed by atoms with E-state index in [2.05, 4.69) is 16.0 Å². The Balaban J connectivity index is 3.93. The molecule has 1 aliphatic heterocycles. The largest absolute Gasteiger partial charge is 0.481 e. The molecule has 20 heteroatoms. The van der Waals surface area contributed by atoms with Crippen LogP contribution >= 0.6 is 0 Å². The number of nitrogens with zero attached hydrogens (tertiary/aromatic N) is 3. The zero-order chi connectivity index (χ0) is 56.7. The third-order valence-corrected chi connectivity index (χ3v) is 13.4. The highest BCUT2D eigenvalue weighted by molar-refractivity contribution is 5.96. The van der Waals surface area contributed by atoms with Crippen molar-refractivity contribution >= 4 is 59.3 Å². The van der Waals surface area contributed by atoms with Gasteiger partial charge in [-0.15, -0.1) is 0 Å². The number of esters is 3. The molecule has 0 aromatic carbocycles. The Morgan fingerprint density at radius 1 is 0.824 bits per heavy atom. The molecular formula is C54H90N6O14. The summed E-state index contributed by atoms with van der Waals surface area (Å²) in [5, 5.41) is 17.0. The molecule has 4 N–H and O–H groups in total. The fraction of sp³-hybridized carbons (Fsp3) is 0.741. The number of carboxylic acid groups (broad SMARTS) is 1. The molecule has 1 rings (SSSR count). The standard InChI is InChI=1S/C54H90N6O14/c1-17-22-35(10)47-37(12)40(72-44(65)23-20-19-21-28-55-41(61)26-27-43(63)64)25-24-36(11)53(70)74-48(34(9)18-2)49(66)57-46(33(7)8)52(69)60(16)39(29-31(3)4)50(67)58(14)30-42(62)56-45(32(5)6)51(68)59(15)38(13)54(71)73-47/h22,24,31-34,37-40,45-48H,17-21,23,25-30H2,1-16H3,(H,55,61)(H,56,62)(H,57,66)(H,63,64)/b35-22+,36-24+/t34-,37-,38-,39+,40-,45-,46-,47+,48+/m0/s1. The number of allylic oxidation sites excluding steroid dienone is 1. The highest BCUT2D eigenvalue weighted by Crippen LogP contribution is 2.28. The maximum Gasteiger partial charge on any atom is 0.334 e. The van der Waals surface area contributed by atoms with E-state index in [9.17, 15) is 47.9 Å². The summed E-state index contributed by atoms with van der Waals surface area (Å²) < 4.78 is 18.2. The molecule has 0 spiro atoms. The minimum absolute atomic E-state index is 0.0149. The van der Waals surface area contributed by atoms with Crippen LogP contribution in [0.5, 0.6) is 0 Å². The van der Waals surface area contributed by atoms with Crippen LogP contribution in [0.15, 0.2) is 23.3 Å².